The quantitative estimate of drug-likeness (QED) is 0.799. The zero-order valence-electron chi connectivity index (χ0n) is 14.2. The molecule has 2 aromatic rings. The number of piperidine rings is 1. The lowest BCUT2D eigenvalue weighted by Crippen LogP contribution is -2.49. The van der Waals surface area contributed by atoms with Crippen LogP contribution in [0.4, 0.5) is 0 Å². The number of amides is 1. The Morgan fingerprint density at radius 1 is 1.56 bits per heavy atom. The molecule has 2 aromatic heterocycles. The first-order valence-electron chi connectivity index (χ1n) is 8.24. The molecule has 1 aliphatic rings. The third-order valence-corrected chi connectivity index (χ3v) is 6.20. The van der Waals surface area contributed by atoms with Crippen LogP contribution < -0.4 is 5.73 Å². The highest BCUT2D eigenvalue weighted by molar-refractivity contribution is 7.99. The monoisotopic (exact) mass is 401 g/mol. The summed E-state index contributed by atoms with van der Waals surface area (Å²) >= 11 is 3.21. The van der Waals surface area contributed by atoms with Crippen LogP contribution in [0.1, 0.15) is 25.5 Å². The predicted molar refractivity (Wildman–Crippen MR) is 106 cm³/mol. The fourth-order valence-corrected chi connectivity index (χ4v) is 4.50. The summed E-state index contributed by atoms with van der Waals surface area (Å²) in [6, 6.07) is 6.15. The van der Waals surface area contributed by atoms with Gasteiger partial charge in [0.25, 0.3) is 0 Å². The number of halogens is 1. The third-order valence-electron chi connectivity index (χ3n) is 4.37. The second-order valence-corrected chi connectivity index (χ2v) is 8.19. The summed E-state index contributed by atoms with van der Waals surface area (Å²) in [6.07, 6.45) is 2.08. The van der Waals surface area contributed by atoms with Crippen molar-refractivity contribution in [2.24, 2.45) is 11.7 Å². The maximum absolute atomic E-state index is 12.5. The highest BCUT2D eigenvalue weighted by Crippen LogP contribution is 2.27. The Morgan fingerprint density at radius 3 is 3.12 bits per heavy atom. The van der Waals surface area contributed by atoms with Crippen LogP contribution in [-0.4, -0.2) is 40.8 Å². The van der Waals surface area contributed by atoms with E-state index in [2.05, 4.69) is 12.1 Å². The molecule has 0 spiro atoms. The summed E-state index contributed by atoms with van der Waals surface area (Å²) in [7, 11) is 0. The van der Waals surface area contributed by atoms with E-state index >= 15 is 0 Å². The minimum absolute atomic E-state index is 0. The Hall–Kier alpha value is -1.02. The number of hydrogen-bond donors (Lipinski definition) is 1. The van der Waals surface area contributed by atoms with Gasteiger partial charge in [-0.3, -0.25) is 4.79 Å². The molecular weight excluding hydrogens is 378 g/mol. The van der Waals surface area contributed by atoms with Gasteiger partial charge in [0.05, 0.1) is 16.3 Å². The third kappa shape index (κ3) is 5.23. The minimum atomic E-state index is 0. The molecule has 3 heterocycles. The molecule has 0 bridgehead atoms. The summed E-state index contributed by atoms with van der Waals surface area (Å²) in [6.45, 7) is 3.61. The van der Waals surface area contributed by atoms with Gasteiger partial charge in [-0.2, -0.15) is 0 Å². The summed E-state index contributed by atoms with van der Waals surface area (Å²) in [5, 5.41) is 6.10. The molecule has 0 radical (unpaired) electrons. The van der Waals surface area contributed by atoms with Crippen molar-refractivity contribution in [2.75, 3.05) is 18.8 Å². The first-order chi connectivity index (χ1) is 11.7. The second-order valence-electron chi connectivity index (χ2n) is 6.26. The number of hydrogen-bond acceptors (Lipinski definition) is 6. The fourth-order valence-electron chi connectivity index (χ4n) is 3.04. The standard InChI is InChI=1S/C17H23N3O2S2.ClH/c1-12-4-5-20(14(7-12)9-18)17(21)11-23-10-13-8-15(22-19-13)16-3-2-6-24-16;/h2-3,6,8,12,14H,4-5,7,9-11,18H2,1H3;1H. The largest absolute Gasteiger partial charge is 0.355 e. The normalized spacial score (nSPS) is 20.3. The molecule has 3 rings (SSSR count). The number of nitrogens with two attached hydrogens (primary N) is 1. The summed E-state index contributed by atoms with van der Waals surface area (Å²) in [5.74, 6) is 2.77. The Bertz CT molecular complexity index is 663. The number of aromatic nitrogens is 1. The number of thiophene rings is 1. The van der Waals surface area contributed by atoms with Gasteiger partial charge in [-0.05, 0) is 30.2 Å². The van der Waals surface area contributed by atoms with Crippen LogP contribution in [0.3, 0.4) is 0 Å². The lowest BCUT2D eigenvalue weighted by molar-refractivity contribution is -0.132. The Morgan fingerprint density at radius 2 is 2.40 bits per heavy atom. The zero-order valence-corrected chi connectivity index (χ0v) is 16.7. The molecule has 2 unspecified atom stereocenters. The molecule has 1 amide bonds. The maximum atomic E-state index is 12.5. The van der Waals surface area contributed by atoms with Gasteiger partial charge in [-0.1, -0.05) is 18.1 Å². The van der Waals surface area contributed by atoms with Gasteiger partial charge >= 0.3 is 0 Å². The Labute approximate surface area is 162 Å². The number of thioether (sulfide) groups is 1. The molecule has 25 heavy (non-hydrogen) atoms. The van der Waals surface area contributed by atoms with Crippen molar-refractivity contribution in [3.63, 3.8) is 0 Å². The molecule has 2 atom stereocenters. The minimum Gasteiger partial charge on any atom is -0.355 e. The second kappa shape index (κ2) is 9.62. The first kappa shape index (κ1) is 20.3. The van der Waals surface area contributed by atoms with Crippen LogP contribution in [0, 0.1) is 5.92 Å². The van der Waals surface area contributed by atoms with Crippen molar-refractivity contribution >= 4 is 41.4 Å². The molecule has 2 N–H and O–H groups in total. The van der Waals surface area contributed by atoms with E-state index in [0.29, 0.717) is 24.0 Å². The molecule has 138 valence electrons. The predicted octanol–water partition coefficient (Wildman–Crippen LogP) is 3.64. The smallest absolute Gasteiger partial charge is 0.232 e. The SMILES string of the molecule is CC1CCN(C(=O)CSCc2cc(-c3cccs3)on2)C(CN)C1.Cl. The summed E-state index contributed by atoms with van der Waals surface area (Å²) < 4.78 is 5.36. The Balaban J connectivity index is 0.00000225. The molecule has 0 aliphatic carbocycles. The van der Waals surface area contributed by atoms with Gasteiger partial charge in [0, 0.05) is 31.0 Å². The van der Waals surface area contributed by atoms with Gasteiger partial charge in [-0.25, -0.2) is 0 Å². The number of nitrogens with zero attached hydrogens (tertiary/aromatic N) is 2. The topological polar surface area (TPSA) is 72.4 Å². The first-order valence-corrected chi connectivity index (χ1v) is 10.3. The van der Waals surface area contributed by atoms with E-state index in [1.165, 1.54) is 0 Å². The van der Waals surface area contributed by atoms with E-state index in [1.54, 1.807) is 23.1 Å². The van der Waals surface area contributed by atoms with Crippen molar-refractivity contribution in [3.05, 3.63) is 29.3 Å². The molecule has 1 saturated heterocycles. The fraction of sp³-hybridized carbons (Fsp3) is 0.529. The average Bonchev–Trinajstić information content (AvgIpc) is 3.25. The lowest BCUT2D eigenvalue weighted by atomic mass is 9.92. The molecule has 8 heteroatoms. The Kier molecular flexibility index (Phi) is 7.81. The van der Waals surface area contributed by atoms with E-state index in [-0.39, 0.29) is 24.4 Å². The van der Waals surface area contributed by atoms with Crippen molar-refractivity contribution in [2.45, 2.75) is 31.6 Å². The molecule has 0 saturated carbocycles. The number of rotatable bonds is 6. The number of carbonyl (C=O) groups excluding carboxylic acids is 1. The van der Waals surface area contributed by atoms with Gasteiger partial charge in [0.1, 0.15) is 0 Å². The van der Waals surface area contributed by atoms with Gasteiger partial charge < -0.3 is 15.2 Å². The average molecular weight is 402 g/mol. The lowest BCUT2D eigenvalue weighted by Gasteiger charge is -2.38. The zero-order chi connectivity index (χ0) is 16.9. The van der Waals surface area contributed by atoms with E-state index in [0.717, 1.165) is 35.7 Å². The molecule has 5 nitrogen and oxygen atoms in total. The van der Waals surface area contributed by atoms with Crippen molar-refractivity contribution in [1.29, 1.82) is 0 Å². The maximum Gasteiger partial charge on any atom is 0.232 e. The highest BCUT2D eigenvalue weighted by Gasteiger charge is 2.28. The number of carbonyl (C=O) groups is 1. The molecule has 1 aliphatic heterocycles. The van der Waals surface area contributed by atoms with Crippen molar-refractivity contribution < 1.29 is 9.32 Å². The molecular formula is C17H24ClN3O2S2. The van der Waals surface area contributed by atoms with E-state index in [1.807, 2.05) is 28.5 Å². The van der Waals surface area contributed by atoms with Crippen LogP contribution in [-0.2, 0) is 10.5 Å². The van der Waals surface area contributed by atoms with Crippen molar-refractivity contribution in [1.82, 2.24) is 10.1 Å². The van der Waals surface area contributed by atoms with Crippen LogP contribution in [0.25, 0.3) is 10.6 Å². The van der Waals surface area contributed by atoms with Gasteiger partial charge in [0.2, 0.25) is 5.91 Å². The number of likely N-dealkylation sites (tertiary alicyclic amines) is 1. The van der Waals surface area contributed by atoms with Crippen molar-refractivity contribution in [3.8, 4) is 10.6 Å². The summed E-state index contributed by atoms with van der Waals surface area (Å²) in [5.41, 5.74) is 6.71. The van der Waals surface area contributed by atoms with Gasteiger partial charge in [-0.15, -0.1) is 35.5 Å². The van der Waals surface area contributed by atoms with Crippen LogP contribution in [0.5, 0.6) is 0 Å². The van der Waals surface area contributed by atoms with E-state index < -0.39 is 0 Å². The van der Waals surface area contributed by atoms with E-state index in [9.17, 15) is 4.79 Å². The molecule has 1 fully saturated rings. The molecule has 0 aromatic carbocycles. The van der Waals surface area contributed by atoms with Crippen LogP contribution in [0.2, 0.25) is 0 Å². The summed E-state index contributed by atoms with van der Waals surface area (Å²) in [4.78, 5) is 15.5. The van der Waals surface area contributed by atoms with Crippen LogP contribution >= 0.6 is 35.5 Å². The van der Waals surface area contributed by atoms with E-state index in [4.69, 9.17) is 10.3 Å². The van der Waals surface area contributed by atoms with Crippen LogP contribution in [0.15, 0.2) is 28.1 Å². The highest BCUT2D eigenvalue weighted by atomic mass is 35.5. The van der Waals surface area contributed by atoms with Gasteiger partial charge in [0.15, 0.2) is 5.76 Å².